The first-order chi connectivity index (χ1) is 7.77. The van der Waals surface area contributed by atoms with Crippen LogP contribution in [0, 0.1) is 5.92 Å². The number of pyridine rings is 1. The molecule has 2 N–H and O–H groups in total. The lowest BCUT2D eigenvalue weighted by Crippen LogP contribution is -2.38. The lowest BCUT2D eigenvalue weighted by molar-refractivity contribution is 0.347. The number of nitrogens with zero attached hydrogens (tertiary/aromatic N) is 1. The van der Waals surface area contributed by atoms with Gasteiger partial charge in [0.2, 0.25) is 0 Å². The molecular weight excluding hydrogens is 222 g/mol. The molecule has 0 spiro atoms. The van der Waals surface area contributed by atoms with Crippen LogP contribution in [0.4, 0.5) is 5.69 Å². The van der Waals surface area contributed by atoms with Gasteiger partial charge >= 0.3 is 0 Å². The van der Waals surface area contributed by atoms with Crippen molar-refractivity contribution >= 4 is 17.3 Å². The lowest BCUT2D eigenvalue weighted by atomic mass is 9.93. The molecule has 88 valence electrons. The highest BCUT2D eigenvalue weighted by Gasteiger charge is 2.19. The van der Waals surface area contributed by atoms with Gasteiger partial charge in [-0.2, -0.15) is 0 Å². The van der Waals surface area contributed by atoms with Crippen molar-refractivity contribution in [3.8, 4) is 0 Å². The van der Waals surface area contributed by atoms with Crippen LogP contribution >= 0.6 is 11.6 Å². The summed E-state index contributed by atoms with van der Waals surface area (Å²) in [4.78, 5) is 3.98. The smallest absolute Gasteiger partial charge is 0.0820 e. The highest BCUT2D eigenvalue weighted by molar-refractivity contribution is 6.33. The number of aromatic nitrogens is 1. The van der Waals surface area contributed by atoms with Gasteiger partial charge in [0, 0.05) is 18.4 Å². The number of hydrogen-bond donors (Lipinski definition) is 2. The summed E-state index contributed by atoms with van der Waals surface area (Å²) in [6, 6.07) is 2.36. The highest BCUT2D eigenvalue weighted by Crippen LogP contribution is 2.23. The van der Waals surface area contributed by atoms with E-state index in [1.165, 1.54) is 12.8 Å². The molecule has 1 saturated heterocycles. The Balaban J connectivity index is 1.96. The zero-order chi connectivity index (χ0) is 11.4. The minimum atomic E-state index is 0.438. The van der Waals surface area contributed by atoms with Crippen molar-refractivity contribution in [2.75, 3.05) is 18.4 Å². The first-order valence-corrected chi connectivity index (χ1v) is 6.22. The van der Waals surface area contributed by atoms with E-state index in [4.69, 9.17) is 11.6 Å². The van der Waals surface area contributed by atoms with Gasteiger partial charge in [-0.1, -0.05) is 11.6 Å². The Morgan fingerprint density at radius 3 is 3.19 bits per heavy atom. The first-order valence-electron chi connectivity index (χ1n) is 5.84. The molecule has 0 saturated carbocycles. The van der Waals surface area contributed by atoms with E-state index in [2.05, 4.69) is 22.5 Å². The summed E-state index contributed by atoms with van der Waals surface area (Å²) in [6.45, 7) is 4.46. The van der Waals surface area contributed by atoms with Crippen LogP contribution in [0.3, 0.4) is 0 Å². The van der Waals surface area contributed by atoms with Crippen molar-refractivity contribution < 1.29 is 0 Å². The third kappa shape index (κ3) is 2.86. The molecule has 1 aliphatic rings. The molecule has 2 heterocycles. The fourth-order valence-electron chi connectivity index (χ4n) is 2.16. The van der Waals surface area contributed by atoms with Gasteiger partial charge in [0.15, 0.2) is 0 Å². The number of piperidine rings is 1. The monoisotopic (exact) mass is 239 g/mol. The Kier molecular flexibility index (Phi) is 4.02. The average molecular weight is 240 g/mol. The van der Waals surface area contributed by atoms with Crippen LogP contribution in [0.25, 0.3) is 0 Å². The van der Waals surface area contributed by atoms with E-state index in [0.717, 1.165) is 18.8 Å². The molecule has 0 radical (unpaired) electrons. The molecule has 0 aliphatic carbocycles. The Bertz CT molecular complexity index is 337. The van der Waals surface area contributed by atoms with E-state index >= 15 is 0 Å². The molecule has 4 heteroatoms. The van der Waals surface area contributed by atoms with Gasteiger partial charge in [0.05, 0.1) is 10.7 Å². The molecule has 2 rings (SSSR count). The second-order valence-corrected chi connectivity index (χ2v) is 4.80. The SMILES string of the molecule is CC(Nc1ccncc1Cl)C1CCCNC1. The average Bonchev–Trinajstić information content (AvgIpc) is 2.33. The van der Waals surface area contributed by atoms with Crippen LogP contribution in [0.15, 0.2) is 18.5 Å². The molecule has 0 bridgehead atoms. The van der Waals surface area contributed by atoms with Gasteiger partial charge in [-0.3, -0.25) is 4.98 Å². The number of rotatable bonds is 3. The second kappa shape index (κ2) is 5.51. The van der Waals surface area contributed by atoms with Gasteiger partial charge < -0.3 is 10.6 Å². The molecular formula is C12H18ClN3. The number of anilines is 1. The summed E-state index contributed by atoms with van der Waals surface area (Å²) in [6.07, 6.45) is 5.99. The van der Waals surface area contributed by atoms with Crippen molar-refractivity contribution in [1.82, 2.24) is 10.3 Å². The second-order valence-electron chi connectivity index (χ2n) is 4.39. The first kappa shape index (κ1) is 11.7. The van der Waals surface area contributed by atoms with Crippen LogP contribution in [-0.4, -0.2) is 24.1 Å². The van der Waals surface area contributed by atoms with Crippen LogP contribution in [-0.2, 0) is 0 Å². The number of nitrogens with one attached hydrogen (secondary N) is 2. The van der Waals surface area contributed by atoms with E-state index in [0.29, 0.717) is 17.0 Å². The summed E-state index contributed by atoms with van der Waals surface area (Å²) >= 11 is 6.07. The van der Waals surface area contributed by atoms with E-state index in [9.17, 15) is 0 Å². The minimum Gasteiger partial charge on any atom is -0.381 e. The summed E-state index contributed by atoms with van der Waals surface area (Å²) < 4.78 is 0. The van der Waals surface area contributed by atoms with Crippen LogP contribution in [0.2, 0.25) is 5.02 Å². The molecule has 1 fully saturated rings. The summed E-state index contributed by atoms with van der Waals surface area (Å²) in [5.74, 6) is 0.679. The maximum absolute atomic E-state index is 6.07. The van der Waals surface area contributed by atoms with Gasteiger partial charge in [-0.05, 0) is 44.8 Å². The molecule has 1 aromatic heterocycles. The predicted molar refractivity (Wildman–Crippen MR) is 67.9 cm³/mol. The molecule has 1 aliphatic heterocycles. The van der Waals surface area contributed by atoms with Crippen molar-refractivity contribution in [3.63, 3.8) is 0 Å². The van der Waals surface area contributed by atoms with Gasteiger partial charge in [-0.15, -0.1) is 0 Å². The lowest BCUT2D eigenvalue weighted by Gasteiger charge is -2.29. The Labute approximate surface area is 102 Å². The van der Waals surface area contributed by atoms with Gasteiger partial charge in [0.1, 0.15) is 0 Å². The molecule has 2 unspecified atom stereocenters. The van der Waals surface area contributed by atoms with E-state index in [-0.39, 0.29) is 0 Å². The van der Waals surface area contributed by atoms with Crippen LogP contribution in [0.1, 0.15) is 19.8 Å². The summed E-state index contributed by atoms with van der Waals surface area (Å²) in [7, 11) is 0. The zero-order valence-electron chi connectivity index (χ0n) is 9.54. The van der Waals surface area contributed by atoms with Crippen LogP contribution in [0.5, 0.6) is 0 Å². The molecule has 3 nitrogen and oxygen atoms in total. The Morgan fingerprint density at radius 2 is 2.50 bits per heavy atom. The van der Waals surface area contributed by atoms with Gasteiger partial charge in [0.25, 0.3) is 0 Å². The maximum atomic E-state index is 6.07. The normalized spacial score (nSPS) is 22.8. The van der Waals surface area contributed by atoms with E-state index in [1.54, 1.807) is 12.4 Å². The predicted octanol–water partition coefficient (Wildman–Crippen LogP) is 2.54. The van der Waals surface area contributed by atoms with Crippen molar-refractivity contribution in [3.05, 3.63) is 23.5 Å². The fourth-order valence-corrected chi connectivity index (χ4v) is 2.33. The zero-order valence-corrected chi connectivity index (χ0v) is 10.3. The minimum absolute atomic E-state index is 0.438. The fraction of sp³-hybridized carbons (Fsp3) is 0.583. The standard InChI is InChI=1S/C12H18ClN3/c1-9(10-3-2-5-14-7-10)16-12-4-6-15-8-11(12)13/h4,6,8-10,14H,2-3,5,7H2,1H3,(H,15,16). The van der Waals surface area contributed by atoms with E-state index < -0.39 is 0 Å². The van der Waals surface area contributed by atoms with Gasteiger partial charge in [-0.25, -0.2) is 0 Å². The summed E-state index contributed by atoms with van der Waals surface area (Å²) in [5.41, 5.74) is 0.981. The van der Waals surface area contributed by atoms with E-state index in [1.807, 2.05) is 6.07 Å². The molecule has 1 aromatic rings. The summed E-state index contributed by atoms with van der Waals surface area (Å²) in [5, 5.41) is 7.59. The highest BCUT2D eigenvalue weighted by atomic mass is 35.5. The largest absolute Gasteiger partial charge is 0.381 e. The number of hydrogen-bond acceptors (Lipinski definition) is 3. The molecule has 16 heavy (non-hydrogen) atoms. The van der Waals surface area contributed by atoms with Crippen LogP contribution < -0.4 is 10.6 Å². The maximum Gasteiger partial charge on any atom is 0.0820 e. The topological polar surface area (TPSA) is 37.0 Å². The molecule has 0 aromatic carbocycles. The molecule has 0 amide bonds. The quantitative estimate of drug-likeness (QED) is 0.851. The third-order valence-corrected chi connectivity index (χ3v) is 3.50. The van der Waals surface area contributed by atoms with Crippen molar-refractivity contribution in [1.29, 1.82) is 0 Å². The Morgan fingerprint density at radius 1 is 1.62 bits per heavy atom. The van der Waals surface area contributed by atoms with Crippen molar-refractivity contribution in [2.24, 2.45) is 5.92 Å². The Hall–Kier alpha value is -0.800. The third-order valence-electron chi connectivity index (χ3n) is 3.20. The molecule has 2 atom stereocenters. The number of halogens is 1. The van der Waals surface area contributed by atoms with Crippen molar-refractivity contribution in [2.45, 2.75) is 25.8 Å².